The lowest BCUT2D eigenvalue weighted by molar-refractivity contribution is -0.187. The first kappa shape index (κ1) is 6.50. The molecular formula is C7H9F3. The Morgan fingerprint density at radius 3 is 1.80 bits per heavy atom. The topological polar surface area (TPSA) is 0 Å². The van der Waals surface area contributed by atoms with Crippen LogP contribution in [0.1, 0.15) is 26.2 Å². The van der Waals surface area contributed by atoms with Crippen LogP contribution < -0.4 is 0 Å². The normalized spacial score (nSPS) is 42.0. The van der Waals surface area contributed by atoms with E-state index in [1.807, 2.05) is 0 Å². The maximum Gasteiger partial charge on any atom is 0.394 e. The van der Waals surface area contributed by atoms with Crippen molar-refractivity contribution < 1.29 is 13.2 Å². The summed E-state index contributed by atoms with van der Waals surface area (Å²) in [6, 6.07) is 0. The summed E-state index contributed by atoms with van der Waals surface area (Å²) in [6.45, 7) is 1.35. The van der Waals surface area contributed by atoms with Crippen molar-refractivity contribution in [3.05, 3.63) is 0 Å². The van der Waals surface area contributed by atoms with Crippen LogP contribution in [0.25, 0.3) is 0 Å². The molecule has 1 spiro atoms. The average molecular weight is 150 g/mol. The second kappa shape index (κ2) is 1.23. The van der Waals surface area contributed by atoms with Gasteiger partial charge in [-0.15, -0.1) is 0 Å². The third kappa shape index (κ3) is 0.500. The minimum atomic E-state index is -3.95. The average Bonchev–Trinajstić information content (AvgIpc) is 2.52. The third-order valence-electron chi connectivity index (χ3n) is 3.22. The van der Waals surface area contributed by atoms with Gasteiger partial charge in [-0.1, -0.05) is 6.92 Å². The molecule has 0 nitrogen and oxygen atoms in total. The molecule has 0 bridgehead atoms. The second-order valence-corrected chi connectivity index (χ2v) is 3.79. The second-order valence-electron chi connectivity index (χ2n) is 3.79. The van der Waals surface area contributed by atoms with Gasteiger partial charge in [0.05, 0.1) is 5.41 Å². The predicted molar refractivity (Wildman–Crippen MR) is 30.4 cm³/mol. The Morgan fingerprint density at radius 1 is 1.20 bits per heavy atom. The highest BCUT2D eigenvalue weighted by molar-refractivity contribution is 5.23. The fraction of sp³-hybridized carbons (Fsp3) is 1.00. The van der Waals surface area contributed by atoms with Gasteiger partial charge >= 0.3 is 6.18 Å². The maximum atomic E-state index is 12.2. The minimum Gasteiger partial charge on any atom is -0.170 e. The van der Waals surface area contributed by atoms with E-state index in [0.717, 1.165) is 12.8 Å². The molecule has 0 radical (unpaired) electrons. The van der Waals surface area contributed by atoms with E-state index in [-0.39, 0.29) is 5.41 Å². The van der Waals surface area contributed by atoms with Gasteiger partial charge in [0.1, 0.15) is 0 Å². The fourth-order valence-electron chi connectivity index (χ4n) is 1.91. The SMILES string of the molecule is CC1(C(F)(F)F)CC12CC2. The first-order chi connectivity index (χ1) is 4.41. The Balaban J connectivity index is 2.20. The Labute approximate surface area is 57.4 Å². The zero-order chi connectivity index (χ0) is 7.62. The van der Waals surface area contributed by atoms with Gasteiger partial charge in [-0.2, -0.15) is 13.2 Å². The smallest absolute Gasteiger partial charge is 0.170 e. The van der Waals surface area contributed by atoms with Gasteiger partial charge in [0, 0.05) is 0 Å². The van der Waals surface area contributed by atoms with Gasteiger partial charge < -0.3 is 0 Å². The summed E-state index contributed by atoms with van der Waals surface area (Å²) in [7, 11) is 0. The highest BCUT2D eigenvalue weighted by Crippen LogP contribution is 2.82. The van der Waals surface area contributed by atoms with Crippen molar-refractivity contribution in [2.45, 2.75) is 32.4 Å². The molecule has 0 aliphatic heterocycles. The van der Waals surface area contributed by atoms with E-state index in [1.165, 1.54) is 6.92 Å². The number of halogens is 3. The molecule has 1 unspecified atom stereocenters. The molecule has 0 N–H and O–H groups in total. The molecule has 10 heavy (non-hydrogen) atoms. The van der Waals surface area contributed by atoms with E-state index in [1.54, 1.807) is 0 Å². The summed E-state index contributed by atoms with van der Waals surface area (Å²) in [5.41, 5.74) is -1.59. The molecule has 0 amide bonds. The van der Waals surface area contributed by atoms with Gasteiger partial charge in [0.15, 0.2) is 0 Å². The van der Waals surface area contributed by atoms with Crippen molar-refractivity contribution in [2.24, 2.45) is 10.8 Å². The van der Waals surface area contributed by atoms with Crippen molar-refractivity contribution in [1.29, 1.82) is 0 Å². The number of hydrogen-bond acceptors (Lipinski definition) is 0. The van der Waals surface area contributed by atoms with E-state index in [4.69, 9.17) is 0 Å². The highest BCUT2D eigenvalue weighted by Gasteiger charge is 2.81. The van der Waals surface area contributed by atoms with Crippen molar-refractivity contribution in [3.63, 3.8) is 0 Å². The standard InChI is InChI=1S/C7H9F3/c1-5(7(8,9)10)4-6(5)2-3-6/h2-4H2,1H3. The summed E-state index contributed by atoms with van der Waals surface area (Å²) in [5, 5.41) is 0. The largest absolute Gasteiger partial charge is 0.394 e. The predicted octanol–water partition coefficient (Wildman–Crippen LogP) is 2.74. The van der Waals surface area contributed by atoms with E-state index in [9.17, 15) is 13.2 Å². The molecule has 2 fully saturated rings. The quantitative estimate of drug-likeness (QED) is 0.498. The van der Waals surface area contributed by atoms with Crippen LogP contribution in [0.3, 0.4) is 0 Å². The molecule has 3 heteroatoms. The maximum absolute atomic E-state index is 12.2. The summed E-state index contributed by atoms with van der Waals surface area (Å²) >= 11 is 0. The molecule has 0 aromatic carbocycles. The number of rotatable bonds is 0. The van der Waals surface area contributed by atoms with E-state index in [2.05, 4.69) is 0 Å². The zero-order valence-corrected chi connectivity index (χ0v) is 5.76. The molecule has 0 aromatic heterocycles. The fourth-order valence-corrected chi connectivity index (χ4v) is 1.91. The lowest BCUT2D eigenvalue weighted by atomic mass is 10.1. The Hall–Kier alpha value is -0.210. The van der Waals surface area contributed by atoms with Gasteiger partial charge in [-0.05, 0) is 24.7 Å². The van der Waals surface area contributed by atoms with Crippen LogP contribution in [-0.2, 0) is 0 Å². The molecule has 2 aliphatic carbocycles. The molecule has 2 aliphatic rings. The molecule has 0 heterocycles. The van der Waals surface area contributed by atoms with Crippen LogP contribution in [0, 0.1) is 10.8 Å². The molecule has 1 atom stereocenters. The lowest BCUT2D eigenvalue weighted by Crippen LogP contribution is -2.23. The van der Waals surface area contributed by atoms with Crippen molar-refractivity contribution >= 4 is 0 Å². The molecule has 58 valence electrons. The monoisotopic (exact) mass is 150 g/mol. The summed E-state index contributed by atoms with van der Waals surface area (Å²) in [6.07, 6.45) is -1.99. The van der Waals surface area contributed by atoms with Crippen LogP contribution in [0.5, 0.6) is 0 Å². The molecule has 0 aromatic rings. The molecule has 2 saturated carbocycles. The number of alkyl halides is 3. The summed E-state index contributed by atoms with van der Waals surface area (Å²) in [5.74, 6) is 0. The number of hydrogen-bond donors (Lipinski definition) is 0. The Bertz CT molecular complexity index is 178. The minimum absolute atomic E-state index is 0.286. The molecule has 2 rings (SSSR count). The molecule has 0 saturated heterocycles. The van der Waals surface area contributed by atoms with Crippen LogP contribution in [-0.4, -0.2) is 6.18 Å². The van der Waals surface area contributed by atoms with Crippen molar-refractivity contribution in [2.75, 3.05) is 0 Å². The van der Waals surface area contributed by atoms with E-state index < -0.39 is 11.6 Å². The van der Waals surface area contributed by atoms with Gasteiger partial charge in [0.25, 0.3) is 0 Å². The van der Waals surface area contributed by atoms with Crippen molar-refractivity contribution in [3.8, 4) is 0 Å². The van der Waals surface area contributed by atoms with Crippen LogP contribution in [0.15, 0.2) is 0 Å². The van der Waals surface area contributed by atoms with E-state index >= 15 is 0 Å². The van der Waals surface area contributed by atoms with Crippen LogP contribution in [0.2, 0.25) is 0 Å². The van der Waals surface area contributed by atoms with Crippen LogP contribution >= 0.6 is 0 Å². The Morgan fingerprint density at radius 2 is 1.70 bits per heavy atom. The lowest BCUT2D eigenvalue weighted by Gasteiger charge is -2.14. The zero-order valence-electron chi connectivity index (χ0n) is 5.76. The Kier molecular flexibility index (Phi) is 0.802. The summed E-state index contributed by atoms with van der Waals surface area (Å²) < 4.78 is 36.5. The third-order valence-corrected chi connectivity index (χ3v) is 3.22. The van der Waals surface area contributed by atoms with E-state index in [0.29, 0.717) is 6.42 Å². The van der Waals surface area contributed by atoms with Crippen LogP contribution in [0.4, 0.5) is 13.2 Å². The first-order valence-corrected chi connectivity index (χ1v) is 3.48. The van der Waals surface area contributed by atoms with Crippen molar-refractivity contribution in [1.82, 2.24) is 0 Å². The first-order valence-electron chi connectivity index (χ1n) is 3.48. The summed E-state index contributed by atoms with van der Waals surface area (Å²) in [4.78, 5) is 0. The highest BCUT2D eigenvalue weighted by atomic mass is 19.4. The van der Waals surface area contributed by atoms with Gasteiger partial charge in [-0.25, -0.2) is 0 Å². The van der Waals surface area contributed by atoms with Gasteiger partial charge in [-0.3, -0.25) is 0 Å². The van der Waals surface area contributed by atoms with Gasteiger partial charge in [0.2, 0.25) is 0 Å². The molecular weight excluding hydrogens is 141 g/mol.